The number of fused-ring (bicyclic) bond motifs is 3. The number of aromatic amines is 1. The predicted octanol–water partition coefficient (Wildman–Crippen LogP) is 2.78. The van der Waals surface area contributed by atoms with Gasteiger partial charge in [-0.15, -0.1) is 0 Å². The molecule has 0 fully saturated rings. The summed E-state index contributed by atoms with van der Waals surface area (Å²) in [6.07, 6.45) is 3.12. The summed E-state index contributed by atoms with van der Waals surface area (Å²) in [5.41, 5.74) is 1.83. The third-order valence-corrected chi connectivity index (χ3v) is 3.71. The number of halogens is 1. The molecule has 7 heteroatoms. The Bertz CT molecular complexity index is 1120. The SMILES string of the molecule is CCOc1ccc(-c2cn3c(=O)[nH]c4cccnc4c3n2)c(F)c1. The Morgan fingerprint density at radius 3 is 3.00 bits per heavy atom. The standard InChI is InChI=1S/C17H13FN4O2/c1-2-24-10-5-6-11(12(18)8-10)14-9-22-16(20-14)15-13(21-17(22)23)4-3-7-19-15/h3-9H,2H2,1H3,(H,21,23). The summed E-state index contributed by atoms with van der Waals surface area (Å²) < 4.78 is 21.0. The van der Waals surface area contributed by atoms with Gasteiger partial charge in [0.25, 0.3) is 0 Å². The highest BCUT2D eigenvalue weighted by atomic mass is 19.1. The molecule has 0 saturated heterocycles. The van der Waals surface area contributed by atoms with Crippen LogP contribution < -0.4 is 10.4 Å². The van der Waals surface area contributed by atoms with Crippen LogP contribution in [-0.4, -0.2) is 26.0 Å². The Balaban J connectivity index is 1.94. The van der Waals surface area contributed by atoms with Crippen LogP contribution in [0.3, 0.4) is 0 Å². The number of hydrogen-bond donors (Lipinski definition) is 1. The Hall–Kier alpha value is -3.22. The van der Waals surface area contributed by atoms with E-state index >= 15 is 0 Å². The van der Waals surface area contributed by atoms with Crippen LogP contribution in [0.25, 0.3) is 27.9 Å². The van der Waals surface area contributed by atoms with Gasteiger partial charge in [0.1, 0.15) is 17.1 Å². The first kappa shape index (κ1) is 14.4. The van der Waals surface area contributed by atoms with Crippen LogP contribution in [0.4, 0.5) is 4.39 Å². The van der Waals surface area contributed by atoms with Crippen LogP contribution in [0.1, 0.15) is 6.92 Å². The summed E-state index contributed by atoms with van der Waals surface area (Å²) in [4.78, 5) is 23.6. The summed E-state index contributed by atoms with van der Waals surface area (Å²) in [5, 5.41) is 0. The smallest absolute Gasteiger partial charge is 0.331 e. The molecule has 0 bridgehead atoms. The minimum Gasteiger partial charge on any atom is -0.494 e. The second-order valence-corrected chi connectivity index (χ2v) is 5.22. The van der Waals surface area contributed by atoms with Gasteiger partial charge in [-0.2, -0.15) is 0 Å². The fraction of sp³-hybridized carbons (Fsp3) is 0.118. The number of pyridine rings is 1. The molecule has 0 saturated carbocycles. The van der Waals surface area contributed by atoms with E-state index in [2.05, 4.69) is 15.0 Å². The maximum Gasteiger partial charge on any atom is 0.331 e. The highest BCUT2D eigenvalue weighted by Gasteiger charge is 2.14. The van der Waals surface area contributed by atoms with Crippen LogP contribution in [0.15, 0.2) is 47.5 Å². The van der Waals surface area contributed by atoms with Gasteiger partial charge in [0.05, 0.1) is 17.8 Å². The largest absolute Gasteiger partial charge is 0.494 e. The number of ether oxygens (including phenoxy) is 1. The summed E-state index contributed by atoms with van der Waals surface area (Å²) in [6, 6.07) is 8.04. The molecule has 4 aromatic rings. The lowest BCUT2D eigenvalue weighted by Crippen LogP contribution is -2.15. The van der Waals surface area contributed by atoms with Crippen molar-refractivity contribution in [2.45, 2.75) is 6.92 Å². The van der Waals surface area contributed by atoms with Crippen molar-refractivity contribution in [3.8, 4) is 17.0 Å². The molecule has 0 spiro atoms. The first-order valence-electron chi connectivity index (χ1n) is 7.46. The van der Waals surface area contributed by atoms with E-state index in [-0.39, 0.29) is 5.69 Å². The molecule has 0 unspecified atom stereocenters. The number of aromatic nitrogens is 4. The van der Waals surface area contributed by atoms with Crippen molar-refractivity contribution in [1.82, 2.24) is 19.4 Å². The van der Waals surface area contributed by atoms with Crippen molar-refractivity contribution in [2.24, 2.45) is 0 Å². The minimum absolute atomic E-state index is 0.297. The van der Waals surface area contributed by atoms with Gasteiger partial charge in [-0.1, -0.05) is 0 Å². The molecule has 1 N–H and O–H groups in total. The third-order valence-electron chi connectivity index (χ3n) is 3.71. The number of rotatable bonds is 3. The molecule has 0 amide bonds. The molecular formula is C17H13FN4O2. The number of imidazole rings is 1. The molecule has 3 heterocycles. The fourth-order valence-corrected chi connectivity index (χ4v) is 2.65. The van der Waals surface area contributed by atoms with Crippen molar-refractivity contribution in [3.05, 3.63) is 59.0 Å². The molecule has 0 atom stereocenters. The van der Waals surface area contributed by atoms with Gasteiger partial charge in [-0.3, -0.25) is 4.98 Å². The first-order valence-corrected chi connectivity index (χ1v) is 7.46. The normalized spacial score (nSPS) is 11.2. The maximum atomic E-state index is 14.4. The Morgan fingerprint density at radius 1 is 1.33 bits per heavy atom. The summed E-state index contributed by atoms with van der Waals surface area (Å²) in [5.74, 6) is -0.00877. The topological polar surface area (TPSA) is 72.3 Å². The number of nitrogens with zero attached hydrogens (tertiary/aromatic N) is 3. The van der Waals surface area contributed by atoms with E-state index < -0.39 is 5.82 Å². The Kier molecular flexibility index (Phi) is 3.26. The third kappa shape index (κ3) is 2.21. The van der Waals surface area contributed by atoms with Gasteiger partial charge in [-0.25, -0.2) is 18.6 Å². The van der Waals surface area contributed by atoms with Crippen molar-refractivity contribution >= 4 is 16.7 Å². The van der Waals surface area contributed by atoms with E-state index in [4.69, 9.17) is 4.74 Å². The van der Waals surface area contributed by atoms with Crippen molar-refractivity contribution in [3.63, 3.8) is 0 Å². The molecule has 120 valence electrons. The zero-order valence-corrected chi connectivity index (χ0v) is 12.8. The Labute approximate surface area is 135 Å². The first-order chi connectivity index (χ1) is 11.7. The Morgan fingerprint density at radius 2 is 2.21 bits per heavy atom. The molecule has 24 heavy (non-hydrogen) atoms. The second kappa shape index (κ2) is 5.45. The summed E-state index contributed by atoms with van der Waals surface area (Å²) in [6.45, 7) is 2.29. The van der Waals surface area contributed by atoms with Crippen LogP contribution in [0.5, 0.6) is 5.75 Å². The predicted molar refractivity (Wildman–Crippen MR) is 87.7 cm³/mol. The number of benzene rings is 1. The minimum atomic E-state index is -0.460. The summed E-state index contributed by atoms with van der Waals surface area (Å²) >= 11 is 0. The van der Waals surface area contributed by atoms with Gasteiger partial charge >= 0.3 is 5.69 Å². The van der Waals surface area contributed by atoms with Gasteiger partial charge in [0.15, 0.2) is 5.65 Å². The molecule has 6 nitrogen and oxygen atoms in total. The lowest BCUT2D eigenvalue weighted by atomic mass is 10.1. The van der Waals surface area contributed by atoms with Gasteiger partial charge in [0, 0.05) is 24.0 Å². The molecular weight excluding hydrogens is 311 g/mol. The maximum absolute atomic E-state index is 14.4. The van der Waals surface area contributed by atoms with E-state index in [9.17, 15) is 9.18 Å². The van der Waals surface area contributed by atoms with Crippen molar-refractivity contribution in [1.29, 1.82) is 0 Å². The number of hydrogen-bond acceptors (Lipinski definition) is 4. The molecule has 0 aliphatic rings. The highest BCUT2D eigenvalue weighted by molar-refractivity contribution is 5.88. The van der Waals surface area contributed by atoms with E-state index in [1.54, 1.807) is 30.5 Å². The molecule has 0 aliphatic carbocycles. The van der Waals surface area contributed by atoms with Gasteiger partial charge < -0.3 is 9.72 Å². The zero-order valence-electron chi connectivity index (χ0n) is 12.8. The van der Waals surface area contributed by atoms with E-state index in [1.165, 1.54) is 16.7 Å². The summed E-state index contributed by atoms with van der Waals surface area (Å²) in [7, 11) is 0. The van der Waals surface area contributed by atoms with Crippen LogP contribution in [0, 0.1) is 5.82 Å². The molecule has 0 aliphatic heterocycles. The van der Waals surface area contributed by atoms with E-state index in [0.29, 0.717) is 40.3 Å². The van der Waals surface area contributed by atoms with Crippen molar-refractivity contribution in [2.75, 3.05) is 6.61 Å². The highest BCUT2D eigenvalue weighted by Crippen LogP contribution is 2.26. The number of H-pyrrole nitrogens is 1. The lowest BCUT2D eigenvalue weighted by Gasteiger charge is -2.04. The second-order valence-electron chi connectivity index (χ2n) is 5.22. The van der Waals surface area contributed by atoms with Crippen LogP contribution in [0.2, 0.25) is 0 Å². The average Bonchev–Trinajstić information content (AvgIpc) is 3.01. The van der Waals surface area contributed by atoms with E-state index in [0.717, 1.165) is 0 Å². The zero-order chi connectivity index (χ0) is 16.7. The molecule has 0 radical (unpaired) electrons. The van der Waals surface area contributed by atoms with Crippen LogP contribution >= 0.6 is 0 Å². The number of nitrogens with one attached hydrogen (secondary N) is 1. The lowest BCUT2D eigenvalue weighted by molar-refractivity contribution is 0.338. The van der Waals surface area contributed by atoms with Crippen LogP contribution in [-0.2, 0) is 0 Å². The monoisotopic (exact) mass is 324 g/mol. The molecule has 1 aromatic carbocycles. The van der Waals surface area contributed by atoms with Gasteiger partial charge in [-0.05, 0) is 31.2 Å². The average molecular weight is 324 g/mol. The van der Waals surface area contributed by atoms with E-state index in [1.807, 2.05) is 6.92 Å². The molecule has 4 rings (SSSR count). The fourth-order valence-electron chi connectivity index (χ4n) is 2.65. The van der Waals surface area contributed by atoms with Gasteiger partial charge in [0.2, 0.25) is 0 Å². The van der Waals surface area contributed by atoms with Crippen molar-refractivity contribution < 1.29 is 9.13 Å². The quantitative estimate of drug-likeness (QED) is 0.629. The molecule has 3 aromatic heterocycles.